The van der Waals surface area contributed by atoms with Crippen LogP contribution in [0.2, 0.25) is 0 Å². The van der Waals surface area contributed by atoms with Gasteiger partial charge in [0.15, 0.2) is 0 Å². The van der Waals surface area contributed by atoms with E-state index in [0.29, 0.717) is 19.5 Å². The van der Waals surface area contributed by atoms with Crippen LogP contribution in [-0.4, -0.2) is 52.2 Å². The molecule has 0 aliphatic carbocycles. The highest BCUT2D eigenvalue weighted by Crippen LogP contribution is 2.15. The summed E-state index contributed by atoms with van der Waals surface area (Å²) in [6.45, 7) is 2.92. The summed E-state index contributed by atoms with van der Waals surface area (Å²) >= 11 is 0. The number of hydrogen-bond donors (Lipinski definition) is 3. The summed E-state index contributed by atoms with van der Waals surface area (Å²) in [7, 11) is 1.55. The van der Waals surface area contributed by atoms with Gasteiger partial charge in [-0.2, -0.15) is 5.10 Å². The molecule has 0 atom stereocenters. The number of nitrogens with one attached hydrogen (secondary N) is 3. The number of esters is 1. The zero-order valence-electron chi connectivity index (χ0n) is 15.9. The first-order valence-electron chi connectivity index (χ1n) is 8.96. The average molecular weight is 388 g/mol. The molecular formula is C18H24N6O4. The van der Waals surface area contributed by atoms with Crippen LogP contribution in [0.1, 0.15) is 30.1 Å². The number of nitrogens with zero attached hydrogens (tertiary/aromatic N) is 3. The molecular weight excluding hydrogens is 364 g/mol. The van der Waals surface area contributed by atoms with Crippen LogP contribution < -0.4 is 16.0 Å². The van der Waals surface area contributed by atoms with E-state index in [1.54, 1.807) is 20.2 Å². The topological polar surface area (TPSA) is 127 Å². The van der Waals surface area contributed by atoms with Crippen molar-refractivity contribution in [3.63, 3.8) is 0 Å². The van der Waals surface area contributed by atoms with Crippen LogP contribution in [0.3, 0.4) is 0 Å². The fraction of sp³-hybridized carbons (Fsp3) is 0.389. The molecule has 0 bridgehead atoms. The zero-order valence-corrected chi connectivity index (χ0v) is 15.9. The number of unbranched alkanes of at least 4 members (excludes halogenated alkanes) is 1. The van der Waals surface area contributed by atoms with Crippen LogP contribution in [0.5, 0.6) is 0 Å². The van der Waals surface area contributed by atoms with Gasteiger partial charge in [0.1, 0.15) is 17.2 Å². The Hall–Kier alpha value is -3.43. The Morgan fingerprint density at radius 1 is 1.14 bits per heavy atom. The van der Waals surface area contributed by atoms with Crippen LogP contribution >= 0.6 is 0 Å². The molecule has 0 unspecified atom stereocenters. The SMILES string of the molecule is CCOC(=O)c1cnn(C)c1NC(=O)C(=O)NCCCCNc1ccccn1. The van der Waals surface area contributed by atoms with Crippen LogP contribution in [0.25, 0.3) is 0 Å². The Morgan fingerprint density at radius 3 is 2.64 bits per heavy atom. The van der Waals surface area contributed by atoms with E-state index in [1.807, 2.05) is 18.2 Å². The van der Waals surface area contributed by atoms with Gasteiger partial charge < -0.3 is 20.7 Å². The highest BCUT2D eigenvalue weighted by atomic mass is 16.5. The van der Waals surface area contributed by atoms with Crippen molar-refractivity contribution >= 4 is 29.4 Å². The summed E-state index contributed by atoms with van der Waals surface area (Å²) in [4.78, 5) is 40.0. The normalized spacial score (nSPS) is 10.2. The number of anilines is 2. The smallest absolute Gasteiger partial charge is 0.343 e. The third kappa shape index (κ3) is 6.08. The van der Waals surface area contributed by atoms with Crippen LogP contribution in [0.4, 0.5) is 11.6 Å². The van der Waals surface area contributed by atoms with Crippen molar-refractivity contribution in [3.05, 3.63) is 36.2 Å². The number of hydrogen-bond acceptors (Lipinski definition) is 7. The molecule has 10 heteroatoms. The standard InChI is InChI=1S/C18H24N6O4/c1-3-28-18(27)13-12-22-24(2)15(13)23-17(26)16(25)21-11-7-6-10-20-14-8-4-5-9-19-14/h4-5,8-9,12H,3,6-7,10-11H2,1-2H3,(H,19,20)(H,21,25)(H,23,26). The highest BCUT2D eigenvalue weighted by Gasteiger charge is 2.22. The Bertz CT molecular complexity index is 806. The number of pyridine rings is 1. The maximum Gasteiger partial charge on any atom is 0.343 e. The van der Waals surface area contributed by atoms with E-state index in [9.17, 15) is 14.4 Å². The number of carbonyl (C=O) groups excluding carboxylic acids is 3. The van der Waals surface area contributed by atoms with E-state index in [1.165, 1.54) is 10.9 Å². The summed E-state index contributed by atoms with van der Waals surface area (Å²) in [6.07, 6.45) is 4.47. The summed E-state index contributed by atoms with van der Waals surface area (Å²) in [6, 6.07) is 5.60. The van der Waals surface area contributed by atoms with Crippen molar-refractivity contribution in [2.24, 2.45) is 7.05 Å². The molecule has 0 fully saturated rings. The molecule has 0 radical (unpaired) electrons. The van der Waals surface area contributed by atoms with E-state index >= 15 is 0 Å². The van der Waals surface area contributed by atoms with E-state index in [-0.39, 0.29) is 18.0 Å². The molecule has 2 amide bonds. The van der Waals surface area contributed by atoms with Crippen molar-refractivity contribution < 1.29 is 19.1 Å². The second kappa shape index (κ2) is 10.7. The summed E-state index contributed by atoms with van der Waals surface area (Å²) < 4.78 is 6.20. The van der Waals surface area contributed by atoms with Gasteiger partial charge in [-0.15, -0.1) is 0 Å². The first-order chi connectivity index (χ1) is 13.5. The molecule has 0 aromatic carbocycles. The van der Waals surface area contributed by atoms with Crippen molar-refractivity contribution in [1.82, 2.24) is 20.1 Å². The maximum absolute atomic E-state index is 12.1. The molecule has 10 nitrogen and oxygen atoms in total. The molecule has 2 rings (SSSR count). The second-order valence-corrected chi connectivity index (χ2v) is 5.81. The van der Waals surface area contributed by atoms with Crippen LogP contribution in [-0.2, 0) is 21.4 Å². The molecule has 0 aliphatic rings. The minimum absolute atomic E-state index is 0.0890. The van der Waals surface area contributed by atoms with Crippen molar-refractivity contribution in [1.29, 1.82) is 0 Å². The summed E-state index contributed by atoms with van der Waals surface area (Å²) in [5, 5.41) is 12.0. The number of aromatic nitrogens is 3. The third-order valence-corrected chi connectivity index (χ3v) is 3.73. The minimum atomic E-state index is -0.874. The molecule has 28 heavy (non-hydrogen) atoms. The molecule has 0 aliphatic heterocycles. The zero-order chi connectivity index (χ0) is 20.4. The van der Waals surface area contributed by atoms with E-state index in [0.717, 1.165) is 12.2 Å². The van der Waals surface area contributed by atoms with Crippen molar-refractivity contribution in [2.75, 3.05) is 30.3 Å². The van der Waals surface area contributed by atoms with Crippen LogP contribution in [0.15, 0.2) is 30.6 Å². The van der Waals surface area contributed by atoms with Crippen molar-refractivity contribution in [3.8, 4) is 0 Å². The average Bonchev–Trinajstić information content (AvgIpc) is 3.05. The largest absolute Gasteiger partial charge is 0.462 e. The lowest BCUT2D eigenvalue weighted by atomic mass is 10.3. The number of aryl methyl sites for hydroxylation is 1. The first-order valence-corrected chi connectivity index (χ1v) is 8.96. The van der Waals surface area contributed by atoms with Gasteiger partial charge in [-0.05, 0) is 31.9 Å². The van der Waals surface area contributed by atoms with Gasteiger partial charge in [0.2, 0.25) is 0 Å². The molecule has 150 valence electrons. The lowest BCUT2D eigenvalue weighted by Crippen LogP contribution is -2.36. The van der Waals surface area contributed by atoms with E-state index < -0.39 is 17.8 Å². The number of rotatable bonds is 9. The fourth-order valence-corrected chi connectivity index (χ4v) is 2.32. The number of ether oxygens (including phenoxy) is 1. The van der Waals surface area contributed by atoms with Gasteiger partial charge in [0.25, 0.3) is 0 Å². The Kier molecular flexibility index (Phi) is 7.94. The van der Waals surface area contributed by atoms with Gasteiger partial charge in [-0.1, -0.05) is 6.07 Å². The Balaban J connectivity index is 1.72. The first kappa shape index (κ1) is 20.9. The number of carbonyl (C=O) groups is 3. The van der Waals surface area contributed by atoms with Gasteiger partial charge in [-0.25, -0.2) is 9.78 Å². The van der Waals surface area contributed by atoms with Gasteiger partial charge in [0, 0.05) is 26.3 Å². The Morgan fingerprint density at radius 2 is 1.93 bits per heavy atom. The monoisotopic (exact) mass is 388 g/mol. The lowest BCUT2D eigenvalue weighted by molar-refractivity contribution is -0.136. The highest BCUT2D eigenvalue weighted by molar-refractivity contribution is 6.39. The third-order valence-electron chi connectivity index (χ3n) is 3.73. The fourth-order valence-electron chi connectivity index (χ4n) is 2.32. The second-order valence-electron chi connectivity index (χ2n) is 5.81. The Labute approximate surface area is 162 Å². The predicted molar refractivity (Wildman–Crippen MR) is 103 cm³/mol. The summed E-state index contributed by atoms with van der Waals surface area (Å²) in [5.41, 5.74) is 0.0890. The quantitative estimate of drug-likeness (QED) is 0.331. The molecule has 3 N–H and O–H groups in total. The minimum Gasteiger partial charge on any atom is -0.462 e. The van der Waals surface area contributed by atoms with Gasteiger partial charge in [0.05, 0.1) is 12.8 Å². The predicted octanol–water partition coefficient (Wildman–Crippen LogP) is 0.939. The van der Waals surface area contributed by atoms with E-state index in [2.05, 4.69) is 26.0 Å². The maximum atomic E-state index is 12.1. The molecule has 2 aromatic rings. The number of amides is 2. The van der Waals surface area contributed by atoms with Gasteiger partial charge in [-0.3, -0.25) is 14.3 Å². The van der Waals surface area contributed by atoms with E-state index in [4.69, 9.17) is 4.74 Å². The van der Waals surface area contributed by atoms with Gasteiger partial charge >= 0.3 is 17.8 Å². The van der Waals surface area contributed by atoms with Crippen molar-refractivity contribution in [2.45, 2.75) is 19.8 Å². The molecule has 0 spiro atoms. The summed E-state index contributed by atoms with van der Waals surface area (Å²) in [5.74, 6) is -1.38. The molecule has 2 aromatic heterocycles. The molecule has 2 heterocycles. The molecule has 0 saturated heterocycles. The lowest BCUT2D eigenvalue weighted by Gasteiger charge is -2.09. The van der Waals surface area contributed by atoms with Crippen LogP contribution in [0, 0.1) is 0 Å². The molecule has 0 saturated carbocycles.